The summed E-state index contributed by atoms with van der Waals surface area (Å²) in [4.78, 5) is 3.88. The lowest BCUT2D eigenvalue weighted by molar-refractivity contribution is 0.184. The number of rotatable bonds is 5. The summed E-state index contributed by atoms with van der Waals surface area (Å²) in [5.74, 6) is 0. The molecular weight excluding hydrogens is 258 g/mol. The minimum atomic E-state index is 0.247. The van der Waals surface area contributed by atoms with Gasteiger partial charge in [-0.2, -0.15) is 0 Å². The first kappa shape index (κ1) is 12.2. The van der Waals surface area contributed by atoms with Crippen molar-refractivity contribution in [1.82, 2.24) is 4.90 Å². The number of hydrogen-bond donors (Lipinski definition) is 0. The van der Waals surface area contributed by atoms with Crippen LogP contribution in [0.15, 0.2) is 17.5 Å². The average Bonchev–Trinajstić information content (AvgIpc) is 2.66. The van der Waals surface area contributed by atoms with Gasteiger partial charge in [-0.3, -0.25) is 0 Å². The van der Waals surface area contributed by atoms with Gasteiger partial charge in [-0.15, -0.1) is 11.3 Å². The Labute approximate surface area is 99.3 Å². The summed E-state index contributed by atoms with van der Waals surface area (Å²) in [6, 6.07) is 4.33. The summed E-state index contributed by atoms with van der Waals surface area (Å²) in [5, 5.41) is 3.16. The molecule has 1 heterocycles. The van der Waals surface area contributed by atoms with Crippen molar-refractivity contribution < 1.29 is 0 Å². The quantitative estimate of drug-likeness (QED) is 0.745. The fourth-order valence-electron chi connectivity index (χ4n) is 1.14. The van der Waals surface area contributed by atoms with Crippen molar-refractivity contribution in [2.24, 2.45) is 0 Å². The summed E-state index contributed by atoms with van der Waals surface area (Å²) in [6.45, 7) is 5.64. The van der Waals surface area contributed by atoms with Gasteiger partial charge in [0, 0.05) is 22.3 Å². The van der Waals surface area contributed by atoms with Crippen LogP contribution in [0.4, 0.5) is 0 Å². The average molecular weight is 276 g/mol. The first-order valence-corrected chi connectivity index (χ1v) is 6.86. The molecule has 0 aliphatic rings. The van der Waals surface area contributed by atoms with Crippen LogP contribution >= 0.6 is 27.3 Å². The molecule has 80 valence electrons. The molecule has 0 saturated heterocycles. The van der Waals surface area contributed by atoms with E-state index in [2.05, 4.69) is 59.2 Å². The van der Waals surface area contributed by atoms with Crippen LogP contribution in [0, 0.1) is 0 Å². The van der Waals surface area contributed by atoms with E-state index >= 15 is 0 Å². The van der Waals surface area contributed by atoms with E-state index in [4.69, 9.17) is 0 Å². The van der Waals surface area contributed by atoms with Crippen LogP contribution in [-0.4, -0.2) is 29.4 Å². The van der Waals surface area contributed by atoms with Gasteiger partial charge in [-0.1, -0.05) is 22.0 Å². The molecule has 0 radical (unpaired) electrons. The van der Waals surface area contributed by atoms with Crippen LogP contribution in [0.5, 0.6) is 0 Å². The number of halogens is 1. The number of hydrogen-bond acceptors (Lipinski definition) is 2. The molecule has 1 aromatic heterocycles. The standard InChI is InChI=1S/C11H18BrNS/c1-11(2,9-12)13(3)7-6-10-5-4-8-14-10/h4-5,8H,6-7,9H2,1-3H3. The van der Waals surface area contributed by atoms with E-state index in [0.29, 0.717) is 0 Å². The number of thiophene rings is 1. The lowest BCUT2D eigenvalue weighted by Gasteiger charge is -2.33. The highest BCUT2D eigenvalue weighted by Gasteiger charge is 2.21. The molecule has 0 aromatic carbocycles. The highest BCUT2D eigenvalue weighted by Crippen LogP contribution is 2.17. The van der Waals surface area contributed by atoms with E-state index in [-0.39, 0.29) is 5.54 Å². The number of likely N-dealkylation sites (N-methyl/N-ethyl adjacent to an activating group) is 1. The molecule has 0 aliphatic heterocycles. The molecule has 0 saturated carbocycles. The third kappa shape index (κ3) is 3.37. The Hall–Kier alpha value is 0.140. The van der Waals surface area contributed by atoms with Crippen LogP contribution in [0.1, 0.15) is 18.7 Å². The molecule has 0 amide bonds. The molecule has 0 bridgehead atoms. The normalized spacial score (nSPS) is 12.4. The van der Waals surface area contributed by atoms with Crippen molar-refractivity contribution in [1.29, 1.82) is 0 Å². The number of nitrogens with zero attached hydrogens (tertiary/aromatic N) is 1. The molecule has 1 rings (SSSR count). The van der Waals surface area contributed by atoms with Crippen LogP contribution in [0.25, 0.3) is 0 Å². The van der Waals surface area contributed by atoms with Gasteiger partial charge in [0.25, 0.3) is 0 Å². The van der Waals surface area contributed by atoms with Gasteiger partial charge in [0.15, 0.2) is 0 Å². The van der Waals surface area contributed by atoms with Gasteiger partial charge in [-0.25, -0.2) is 0 Å². The third-order valence-electron chi connectivity index (χ3n) is 2.63. The van der Waals surface area contributed by atoms with E-state index in [1.54, 1.807) is 0 Å². The lowest BCUT2D eigenvalue weighted by atomic mass is 10.1. The van der Waals surface area contributed by atoms with Crippen molar-refractivity contribution in [2.75, 3.05) is 18.9 Å². The second-order valence-electron chi connectivity index (χ2n) is 4.20. The smallest absolute Gasteiger partial charge is 0.0247 e. The van der Waals surface area contributed by atoms with E-state index in [1.165, 1.54) is 4.88 Å². The fraction of sp³-hybridized carbons (Fsp3) is 0.636. The van der Waals surface area contributed by atoms with Gasteiger partial charge in [0.1, 0.15) is 0 Å². The molecule has 14 heavy (non-hydrogen) atoms. The van der Waals surface area contributed by atoms with E-state index in [0.717, 1.165) is 18.3 Å². The summed E-state index contributed by atoms with van der Waals surface area (Å²) >= 11 is 5.40. The van der Waals surface area contributed by atoms with Crippen molar-refractivity contribution in [3.05, 3.63) is 22.4 Å². The zero-order chi connectivity index (χ0) is 10.6. The zero-order valence-electron chi connectivity index (χ0n) is 9.09. The second-order valence-corrected chi connectivity index (χ2v) is 5.79. The minimum absolute atomic E-state index is 0.247. The Morgan fingerprint density at radius 3 is 2.71 bits per heavy atom. The molecule has 0 atom stereocenters. The monoisotopic (exact) mass is 275 g/mol. The molecule has 1 nitrogen and oxygen atoms in total. The van der Waals surface area contributed by atoms with E-state index in [9.17, 15) is 0 Å². The van der Waals surface area contributed by atoms with Gasteiger partial charge < -0.3 is 4.90 Å². The van der Waals surface area contributed by atoms with Gasteiger partial charge in [0.2, 0.25) is 0 Å². The minimum Gasteiger partial charge on any atom is -0.300 e. The maximum atomic E-state index is 3.55. The molecule has 3 heteroatoms. The Morgan fingerprint density at radius 2 is 2.21 bits per heavy atom. The van der Waals surface area contributed by atoms with Gasteiger partial charge >= 0.3 is 0 Å². The summed E-state index contributed by atoms with van der Waals surface area (Å²) in [5.41, 5.74) is 0.247. The van der Waals surface area contributed by atoms with Crippen LogP contribution in [-0.2, 0) is 6.42 Å². The van der Waals surface area contributed by atoms with Crippen LogP contribution < -0.4 is 0 Å². The largest absolute Gasteiger partial charge is 0.300 e. The van der Waals surface area contributed by atoms with Crippen molar-refractivity contribution in [3.63, 3.8) is 0 Å². The second kappa shape index (κ2) is 5.29. The van der Waals surface area contributed by atoms with Gasteiger partial charge in [0.05, 0.1) is 0 Å². The number of alkyl halides is 1. The molecule has 0 spiro atoms. The zero-order valence-corrected chi connectivity index (χ0v) is 11.5. The molecular formula is C11H18BrNS. The predicted molar refractivity (Wildman–Crippen MR) is 68.5 cm³/mol. The first-order valence-electron chi connectivity index (χ1n) is 4.86. The molecule has 0 aliphatic carbocycles. The Kier molecular flexibility index (Phi) is 4.61. The summed E-state index contributed by atoms with van der Waals surface area (Å²) in [7, 11) is 2.19. The van der Waals surface area contributed by atoms with Crippen LogP contribution in [0.3, 0.4) is 0 Å². The first-order chi connectivity index (χ1) is 6.56. The summed E-state index contributed by atoms with van der Waals surface area (Å²) in [6.07, 6.45) is 1.16. The Balaban J connectivity index is 2.38. The molecule has 0 unspecified atom stereocenters. The highest BCUT2D eigenvalue weighted by molar-refractivity contribution is 9.09. The van der Waals surface area contributed by atoms with E-state index < -0.39 is 0 Å². The Morgan fingerprint density at radius 1 is 1.50 bits per heavy atom. The maximum absolute atomic E-state index is 3.55. The van der Waals surface area contributed by atoms with Crippen LogP contribution in [0.2, 0.25) is 0 Å². The molecule has 1 aromatic rings. The molecule has 0 N–H and O–H groups in total. The molecule has 0 fully saturated rings. The van der Waals surface area contributed by atoms with Gasteiger partial charge in [-0.05, 0) is 38.8 Å². The van der Waals surface area contributed by atoms with Crippen molar-refractivity contribution >= 4 is 27.3 Å². The SMILES string of the molecule is CN(CCc1cccs1)C(C)(C)CBr. The maximum Gasteiger partial charge on any atom is 0.0247 e. The third-order valence-corrected chi connectivity index (χ3v) is 4.94. The van der Waals surface area contributed by atoms with Crippen molar-refractivity contribution in [3.8, 4) is 0 Å². The lowest BCUT2D eigenvalue weighted by Crippen LogP contribution is -2.43. The Bertz CT molecular complexity index is 256. The fourth-order valence-corrected chi connectivity index (χ4v) is 2.26. The summed E-state index contributed by atoms with van der Waals surface area (Å²) < 4.78 is 0. The topological polar surface area (TPSA) is 3.24 Å². The predicted octanol–water partition coefficient (Wildman–Crippen LogP) is 3.40. The van der Waals surface area contributed by atoms with Crippen molar-refractivity contribution in [2.45, 2.75) is 25.8 Å². The highest BCUT2D eigenvalue weighted by atomic mass is 79.9. The van der Waals surface area contributed by atoms with E-state index in [1.807, 2.05) is 11.3 Å².